The van der Waals surface area contributed by atoms with Crippen LogP contribution in [0.3, 0.4) is 0 Å². The Labute approximate surface area is 86.1 Å². The van der Waals surface area contributed by atoms with Gasteiger partial charge in [0.15, 0.2) is 0 Å². The van der Waals surface area contributed by atoms with Gasteiger partial charge in [0.2, 0.25) is 5.91 Å². The predicted molar refractivity (Wildman–Crippen MR) is 55.9 cm³/mol. The van der Waals surface area contributed by atoms with E-state index in [2.05, 4.69) is 13.8 Å². The van der Waals surface area contributed by atoms with E-state index < -0.39 is 0 Å². The molecular weight excluding hydrogens is 178 g/mol. The number of aliphatic hydroxyl groups is 1. The van der Waals surface area contributed by atoms with E-state index >= 15 is 0 Å². The van der Waals surface area contributed by atoms with Gasteiger partial charge in [0.25, 0.3) is 0 Å². The van der Waals surface area contributed by atoms with Crippen LogP contribution in [-0.4, -0.2) is 35.6 Å². The number of carbonyl (C=O) groups is 1. The molecule has 0 aromatic heterocycles. The first kappa shape index (κ1) is 11.5. The molecule has 0 aliphatic carbocycles. The van der Waals surface area contributed by atoms with Crippen molar-refractivity contribution in [2.24, 2.45) is 5.41 Å². The molecule has 1 aliphatic rings. The molecule has 0 atom stereocenters. The average molecular weight is 199 g/mol. The van der Waals surface area contributed by atoms with E-state index in [1.54, 1.807) is 0 Å². The molecule has 1 fully saturated rings. The van der Waals surface area contributed by atoms with E-state index in [1.165, 1.54) is 0 Å². The van der Waals surface area contributed by atoms with Crippen molar-refractivity contribution in [2.45, 2.75) is 39.5 Å². The summed E-state index contributed by atoms with van der Waals surface area (Å²) >= 11 is 0. The van der Waals surface area contributed by atoms with Gasteiger partial charge in [-0.2, -0.15) is 0 Å². The molecule has 0 bridgehead atoms. The molecule has 3 nitrogen and oxygen atoms in total. The maximum absolute atomic E-state index is 11.7. The monoisotopic (exact) mass is 199 g/mol. The van der Waals surface area contributed by atoms with Gasteiger partial charge in [-0.05, 0) is 24.7 Å². The summed E-state index contributed by atoms with van der Waals surface area (Å²) in [5.74, 6) is 0.254. The molecule has 1 N–H and O–H groups in total. The van der Waals surface area contributed by atoms with Crippen molar-refractivity contribution in [3.05, 3.63) is 0 Å². The van der Waals surface area contributed by atoms with Crippen LogP contribution in [0.15, 0.2) is 0 Å². The minimum Gasteiger partial charge on any atom is -0.396 e. The van der Waals surface area contributed by atoms with Crippen LogP contribution in [0, 0.1) is 5.41 Å². The summed E-state index contributed by atoms with van der Waals surface area (Å²) in [5.41, 5.74) is 0.295. The van der Waals surface area contributed by atoms with Crippen molar-refractivity contribution >= 4 is 5.91 Å². The fourth-order valence-corrected chi connectivity index (χ4v) is 1.79. The van der Waals surface area contributed by atoms with Crippen LogP contribution in [0.1, 0.15) is 39.5 Å². The molecule has 0 radical (unpaired) electrons. The smallest absolute Gasteiger partial charge is 0.222 e. The minimum absolute atomic E-state index is 0.174. The summed E-state index contributed by atoms with van der Waals surface area (Å²) in [6, 6.07) is 0. The van der Waals surface area contributed by atoms with E-state index in [0.29, 0.717) is 24.8 Å². The highest BCUT2D eigenvalue weighted by molar-refractivity contribution is 5.76. The third kappa shape index (κ3) is 3.29. The molecule has 1 rings (SSSR count). The number of hydrogen-bond acceptors (Lipinski definition) is 2. The third-order valence-corrected chi connectivity index (χ3v) is 3.01. The Bertz CT molecular complexity index is 201. The molecule has 1 heterocycles. The lowest BCUT2D eigenvalue weighted by Gasteiger charge is -2.23. The quantitative estimate of drug-likeness (QED) is 0.746. The molecular formula is C11H21NO2. The van der Waals surface area contributed by atoms with E-state index in [9.17, 15) is 4.79 Å². The number of nitrogens with zero attached hydrogens (tertiary/aromatic N) is 1. The van der Waals surface area contributed by atoms with E-state index in [4.69, 9.17) is 5.11 Å². The van der Waals surface area contributed by atoms with E-state index in [1.807, 2.05) is 4.90 Å². The molecule has 14 heavy (non-hydrogen) atoms. The van der Waals surface area contributed by atoms with Crippen LogP contribution in [0.25, 0.3) is 0 Å². The Morgan fingerprint density at radius 2 is 2.14 bits per heavy atom. The summed E-state index contributed by atoms with van der Waals surface area (Å²) in [6.45, 7) is 6.18. The minimum atomic E-state index is 0.174. The summed E-state index contributed by atoms with van der Waals surface area (Å²) in [5, 5.41) is 8.72. The van der Waals surface area contributed by atoms with Crippen molar-refractivity contribution in [1.29, 1.82) is 0 Å². The molecule has 0 unspecified atom stereocenters. The molecule has 0 spiro atoms. The van der Waals surface area contributed by atoms with Gasteiger partial charge in [0, 0.05) is 26.1 Å². The first-order chi connectivity index (χ1) is 6.55. The highest BCUT2D eigenvalue weighted by Crippen LogP contribution is 2.30. The van der Waals surface area contributed by atoms with Gasteiger partial charge in [-0.3, -0.25) is 4.79 Å². The highest BCUT2D eigenvalue weighted by Gasteiger charge is 2.26. The summed E-state index contributed by atoms with van der Waals surface area (Å²) in [7, 11) is 0. The fourth-order valence-electron chi connectivity index (χ4n) is 1.79. The lowest BCUT2D eigenvalue weighted by molar-refractivity contribution is -0.130. The first-order valence-corrected chi connectivity index (χ1v) is 5.44. The van der Waals surface area contributed by atoms with Gasteiger partial charge in [-0.15, -0.1) is 0 Å². The summed E-state index contributed by atoms with van der Waals surface area (Å²) < 4.78 is 0. The number of amides is 1. The van der Waals surface area contributed by atoms with Gasteiger partial charge >= 0.3 is 0 Å². The lowest BCUT2D eigenvalue weighted by Crippen LogP contribution is -2.31. The molecule has 0 aromatic rings. The molecule has 0 saturated carbocycles. The predicted octanol–water partition coefficient (Wildman–Crippen LogP) is 1.41. The number of carbonyl (C=O) groups excluding carboxylic acids is 1. The van der Waals surface area contributed by atoms with E-state index in [0.717, 1.165) is 19.4 Å². The average Bonchev–Trinajstić information content (AvgIpc) is 2.25. The fraction of sp³-hybridized carbons (Fsp3) is 0.909. The normalized spacial score (nSPS) is 22.2. The zero-order valence-corrected chi connectivity index (χ0v) is 9.25. The molecule has 82 valence electrons. The number of likely N-dealkylation sites (tertiary alicyclic amines) is 1. The Kier molecular flexibility index (Phi) is 3.93. The SMILES string of the molecule is CC1(C)CCC(=O)N(CCCO)CC1. The van der Waals surface area contributed by atoms with Crippen LogP contribution < -0.4 is 0 Å². The van der Waals surface area contributed by atoms with Gasteiger partial charge in [0.1, 0.15) is 0 Å². The maximum atomic E-state index is 11.7. The summed E-state index contributed by atoms with van der Waals surface area (Å²) in [4.78, 5) is 13.5. The highest BCUT2D eigenvalue weighted by atomic mass is 16.3. The van der Waals surface area contributed by atoms with Crippen LogP contribution >= 0.6 is 0 Å². The molecule has 3 heteroatoms. The lowest BCUT2D eigenvalue weighted by atomic mass is 9.85. The van der Waals surface area contributed by atoms with Crippen LogP contribution in [0.5, 0.6) is 0 Å². The van der Waals surface area contributed by atoms with Crippen molar-refractivity contribution in [1.82, 2.24) is 4.90 Å². The Hall–Kier alpha value is -0.570. The van der Waals surface area contributed by atoms with Crippen molar-refractivity contribution in [2.75, 3.05) is 19.7 Å². The molecule has 1 amide bonds. The second-order valence-corrected chi connectivity index (χ2v) is 4.87. The second-order valence-electron chi connectivity index (χ2n) is 4.87. The second kappa shape index (κ2) is 4.78. The zero-order chi connectivity index (χ0) is 10.6. The standard InChI is InChI=1S/C11H21NO2/c1-11(2)5-4-10(14)12(8-6-11)7-3-9-13/h13H,3-9H2,1-2H3. The van der Waals surface area contributed by atoms with Crippen molar-refractivity contribution in [3.8, 4) is 0 Å². The van der Waals surface area contributed by atoms with Crippen molar-refractivity contribution < 1.29 is 9.90 Å². The number of aliphatic hydroxyl groups excluding tert-OH is 1. The van der Waals surface area contributed by atoms with Gasteiger partial charge < -0.3 is 10.0 Å². The Balaban J connectivity index is 2.47. The Morgan fingerprint density at radius 3 is 2.79 bits per heavy atom. The van der Waals surface area contributed by atoms with Gasteiger partial charge in [-0.25, -0.2) is 0 Å². The van der Waals surface area contributed by atoms with Crippen LogP contribution in [-0.2, 0) is 4.79 Å². The number of rotatable bonds is 3. The van der Waals surface area contributed by atoms with Gasteiger partial charge in [0.05, 0.1) is 0 Å². The Morgan fingerprint density at radius 1 is 1.43 bits per heavy atom. The van der Waals surface area contributed by atoms with E-state index in [-0.39, 0.29) is 12.5 Å². The largest absolute Gasteiger partial charge is 0.396 e. The van der Waals surface area contributed by atoms with Crippen LogP contribution in [0.2, 0.25) is 0 Å². The van der Waals surface area contributed by atoms with Gasteiger partial charge in [-0.1, -0.05) is 13.8 Å². The maximum Gasteiger partial charge on any atom is 0.222 e. The number of hydrogen-bond donors (Lipinski definition) is 1. The molecule has 1 aliphatic heterocycles. The topological polar surface area (TPSA) is 40.5 Å². The summed E-state index contributed by atoms with van der Waals surface area (Å²) in [6.07, 6.45) is 3.43. The zero-order valence-electron chi connectivity index (χ0n) is 9.25. The van der Waals surface area contributed by atoms with Crippen molar-refractivity contribution in [3.63, 3.8) is 0 Å². The third-order valence-electron chi connectivity index (χ3n) is 3.01. The molecule has 1 saturated heterocycles. The molecule has 0 aromatic carbocycles. The first-order valence-electron chi connectivity index (χ1n) is 5.44. The van der Waals surface area contributed by atoms with Crippen LogP contribution in [0.4, 0.5) is 0 Å².